The summed E-state index contributed by atoms with van der Waals surface area (Å²) < 4.78 is 5.66. The van der Waals surface area contributed by atoms with E-state index in [4.69, 9.17) is 4.74 Å². The standard InChI is InChI=1S/C17H22N2O3/c1-11-6-2-3-7-12(11)18-16(20)10-15-17(21)19-13-8-4-5-9-14(13)22-15/h4-5,8-9,11-12,15H,2-3,6-7,10H2,1H3,(H,18,20)(H,19,21)/t11-,12+,15+/m0/s1. The van der Waals surface area contributed by atoms with Crippen molar-refractivity contribution in [3.05, 3.63) is 24.3 Å². The Morgan fingerprint density at radius 3 is 2.91 bits per heavy atom. The Kier molecular flexibility index (Phi) is 4.32. The van der Waals surface area contributed by atoms with Gasteiger partial charge in [-0.15, -0.1) is 0 Å². The van der Waals surface area contributed by atoms with Crippen LogP contribution in [0.3, 0.4) is 0 Å². The van der Waals surface area contributed by atoms with Crippen LogP contribution in [0.15, 0.2) is 24.3 Å². The van der Waals surface area contributed by atoms with Crippen molar-refractivity contribution in [3.8, 4) is 5.75 Å². The Bertz CT molecular complexity index is 573. The van der Waals surface area contributed by atoms with E-state index >= 15 is 0 Å². The van der Waals surface area contributed by atoms with Gasteiger partial charge in [-0.3, -0.25) is 9.59 Å². The first-order chi connectivity index (χ1) is 10.6. The van der Waals surface area contributed by atoms with Crippen molar-refractivity contribution in [1.29, 1.82) is 0 Å². The maximum atomic E-state index is 12.2. The molecule has 1 aliphatic carbocycles. The fourth-order valence-electron chi connectivity index (χ4n) is 3.19. The molecule has 2 amide bonds. The smallest absolute Gasteiger partial charge is 0.266 e. The van der Waals surface area contributed by atoms with E-state index in [-0.39, 0.29) is 24.3 Å². The average molecular weight is 302 g/mol. The van der Waals surface area contributed by atoms with E-state index in [9.17, 15) is 9.59 Å². The maximum Gasteiger partial charge on any atom is 0.266 e. The summed E-state index contributed by atoms with van der Waals surface area (Å²) in [6.07, 6.45) is 3.87. The van der Waals surface area contributed by atoms with Crippen LogP contribution in [0.4, 0.5) is 5.69 Å². The molecule has 5 nitrogen and oxygen atoms in total. The summed E-state index contributed by atoms with van der Waals surface area (Å²) in [5, 5.41) is 5.85. The van der Waals surface area contributed by atoms with Crippen molar-refractivity contribution in [3.63, 3.8) is 0 Å². The van der Waals surface area contributed by atoms with Crippen molar-refractivity contribution in [2.45, 2.75) is 51.2 Å². The summed E-state index contributed by atoms with van der Waals surface area (Å²) in [5.74, 6) is 0.745. The molecular formula is C17H22N2O3. The molecule has 1 aromatic carbocycles. The Balaban J connectivity index is 1.59. The lowest BCUT2D eigenvalue weighted by Gasteiger charge is -2.30. The first-order valence-corrected chi connectivity index (χ1v) is 7.99. The largest absolute Gasteiger partial charge is 0.478 e. The second-order valence-corrected chi connectivity index (χ2v) is 6.23. The number of hydrogen-bond donors (Lipinski definition) is 2. The van der Waals surface area contributed by atoms with Crippen LogP contribution in [-0.2, 0) is 9.59 Å². The van der Waals surface area contributed by atoms with Crippen molar-refractivity contribution in [2.75, 3.05) is 5.32 Å². The minimum absolute atomic E-state index is 0.0589. The molecule has 1 aliphatic heterocycles. The van der Waals surface area contributed by atoms with Gasteiger partial charge in [-0.05, 0) is 30.9 Å². The molecule has 0 bridgehead atoms. The predicted molar refractivity (Wildman–Crippen MR) is 83.7 cm³/mol. The summed E-state index contributed by atoms with van der Waals surface area (Å²) in [5.41, 5.74) is 0.657. The van der Waals surface area contributed by atoms with Crippen LogP contribution >= 0.6 is 0 Å². The lowest BCUT2D eigenvalue weighted by Crippen LogP contribution is -2.45. The molecule has 1 aromatic rings. The number of anilines is 1. The number of benzene rings is 1. The van der Waals surface area contributed by atoms with Gasteiger partial charge >= 0.3 is 0 Å². The fourth-order valence-corrected chi connectivity index (χ4v) is 3.19. The van der Waals surface area contributed by atoms with E-state index in [0.29, 0.717) is 17.4 Å². The molecule has 0 spiro atoms. The molecule has 1 saturated carbocycles. The second-order valence-electron chi connectivity index (χ2n) is 6.23. The van der Waals surface area contributed by atoms with Gasteiger partial charge in [0.25, 0.3) is 5.91 Å². The number of amides is 2. The highest BCUT2D eigenvalue weighted by Gasteiger charge is 2.31. The number of para-hydroxylation sites is 2. The minimum atomic E-state index is -0.756. The number of carbonyl (C=O) groups excluding carboxylic acids is 2. The van der Waals surface area contributed by atoms with Gasteiger partial charge in [-0.2, -0.15) is 0 Å². The molecule has 3 atom stereocenters. The molecule has 1 fully saturated rings. The summed E-state index contributed by atoms with van der Waals surface area (Å²) in [6, 6.07) is 7.48. The summed E-state index contributed by atoms with van der Waals surface area (Å²) >= 11 is 0. The van der Waals surface area contributed by atoms with Gasteiger partial charge in [-0.25, -0.2) is 0 Å². The zero-order chi connectivity index (χ0) is 15.5. The molecule has 0 saturated heterocycles. The average Bonchev–Trinajstić information content (AvgIpc) is 2.50. The third-order valence-corrected chi connectivity index (χ3v) is 4.54. The highest BCUT2D eigenvalue weighted by atomic mass is 16.5. The van der Waals surface area contributed by atoms with Crippen LogP contribution in [0.1, 0.15) is 39.0 Å². The van der Waals surface area contributed by atoms with E-state index in [0.717, 1.165) is 19.3 Å². The van der Waals surface area contributed by atoms with E-state index in [1.54, 1.807) is 12.1 Å². The van der Waals surface area contributed by atoms with Crippen LogP contribution < -0.4 is 15.4 Å². The Morgan fingerprint density at radius 1 is 1.32 bits per heavy atom. The quantitative estimate of drug-likeness (QED) is 0.901. The normalized spacial score (nSPS) is 27.3. The number of fused-ring (bicyclic) bond motifs is 1. The van der Waals surface area contributed by atoms with E-state index in [1.807, 2.05) is 12.1 Å². The Labute approximate surface area is 130 Å². The fraction of sp³-hybridized carbons (Fsp3) is 0.529. The van der Waals surface area contributed by atoms with E-state index in [2.05, 4.69) is 17.6 Å². The van der Waals surface area contributed by atoms with E-state index < -0.39 is 6.10 Å². The summed E-state index contributed by atoms with van der Waals surface area (Å²) in [7, 11) is 0. The number of hydrogen-bond acceptors (Lipinski definition) is 3. The highest BCUT2D eigenvalue weighted by Crippen LogP contribution is 2.29. The number of nitrogens with one attached hydrogen (secondary N) is 2. The summed E-state index contributed by atoms with van der Waals surface area (Å²) in [4.78, 5) is 24.2. The summed E-state index contributed by atoms with van der Waals surface area (Å²) in [6.45, 7) is 2.17. The van der Waals surface area contributed by atoms with Gasteiger partial charge in [0.2, 0.25) is 5.91 Å². The predicted octanol–water partition coefficient (Wildman–Crippen LogP) is 2.47. The van der Waals surface area contributed by atoms with Gasteiger partial charge in [0.05, 0.1) is 12.1 Å². The molecule has 22 heavy (non-hydrogen) atoms. The van der Waals surface area contributed by atoms with Crippen molar-refractivity contribution < 1.29 is 14.3 Å². The molecule has 0 unspecified atom stereocenters. The third kappa shape index (κ3) is 3.24. The van der Waals surface area contributed by atoms with E-state index in [1.165, 1.54) is 6.42 Å². The number of carbonyl (C=O) groups is 2. The highest BCUT2D eigenvalue weighted by molar-refractivity contribution is 5.99. The molecule has 2 aliphatic rings. The molecule has 0 radical (unpaired) electrons. The Morgan fingerprint density at radius 2 is 2.09 bits per heavy atom. The molecule has 2 N–H and O–H groups in total. The topological polar surface area (TPSA) is 67.4 Å². The first kappa shape index (κ1) is 14.9. The van der Waals surface area contributed by atoms with Crippen LogP contribution in [-0.4, -0.2) is 24.0 Å². The zero-order valence-corrected chi connectivity index (χ0v) is 12.8. The minimum Gasteiger partial charge on any atom is -0.478 e. The van der Waals surface area contributed by atoms with Gasteiger partial charge in [-0.1, -0.05) is 31.9 Å². The molecule has 5 heteroatoms. The van der Waals surface area contributed by atoms with Gasteiger partial charge in [0.15, 0.2) is 6.10 Å². The van der Waals surface area contributed by atoms with Gasteiger partial charge in [0, 0.05) is 6.04 Å². The van der Waals surface area contributed by atoms with Gasteiger partial charge < -0.3 is 15.4 Å². The lowest BCUT2D eigenvalue weighted by atomic mass is 9.86. The SMILES string of the molecule is C[C@H]1CCCC[C@H]1NC(=O)C[C@H]1Oc2ccccc2NC1=O. The van der Waals surface area contributed by atoms with Crippen molar-refractivity contribution in [2.24, 2.45) is 5.92 Å². The van der Waals surface area contributed by atoms with Crippen LogP contribution in [0.5, 0.6) is 5.75 Å². The molecule has 0 aromatic heterocycles. The van der Waals surface area contributed by atoms with Crippen molar-refractivity contribution in [1.82, 2.24) is 5.32 Å². The molecular weight excluding hydrogens is 280 g/mol. The molecule has 1 heterocycles. The van der Waals surface area contributed by atoms with Gasteiger partial charge in [0.1, 0.15) is 5.75 Å². The molecule has 118 valence electrons. The zero-order valence-electron chi connectivity index (χ0n) is 12.8. The van der Waals surface area contributed by atoms with Crippen LogP contribution in [0.2, 0.25) is 0 Å². The number of ether oxygens (including phenoxy) is 1. The first-order valence-electron chi connectivity index (χ1n) is 7.99. The van der Waals surface area contributed by atoms with Crippen molar-refractivity contribution >= 4 is 17.5 Å². The van der Waals surface area contributed by atoms with Crippen LogP contribution in [0.25, 0.3) is 0 Å². The second kappa shape index (κ2) is 6.38. The monoisotopic (exact) mass is 302 g/mol. The lowest BCUT2D eigenvalue weighted by molar-refractivity contribution is -0.131. The molecule has 3 rings (SSSR count). The Hall–Kier alpha value is -2.04. The number of rotatable bonds is 3. The third-order valence-electron chi connectivity index (χ3n) is 4.54. The maximum absolute atomic E-state index is 12.2. The van der Waals surface area contributed by atoms with Crippen LogP contribution in [0, 0.1) is 5.92 Å².